The molecule has 1 heterocycles. The van der Waals surface area contributed by atoms with Gasteiger partial charge < -0.3 is 5.32 Å². The summed E-state index contributed by atoms with van der Waals surface area (Å²) in [6.07, 6.45) is 0. The van der Waals surface area contributed by atoms with Gasteiger partial charge in [-0.25, -0.2) is 4.39 Å². The van der Waals surface area contributed by atoms with Gasteiger partial charge in [-0.1, -0.05) is 24.0 Å². The van der Waals surface area contributed by atoms with Gasteiger partial charge in [-0.3, -0.25) is 4.79 Å². The molecule has 2 rings (SSSR count). The molecule has 0 saturated carbocycles. The van der Waals surface area contributed by atoms with E-state index < -0.39 is 0 Å². The van der Waals surface area contributed by atoms with Crippen molar-refractivity contribution < 1.29 is 9.18 Å². The number of halogens is 1. The fourth-order valence-electron chi connectivity index (χ4n) is 1.46. The average Bonchev–Trinajstić information content (AvgIpc) is 2.83. The summed E-state index contributed by atoms with van der Waals surface area (Å²) in [7, 11) is 0. The molecule has 1 aromatic heterocycles. The fourth-order valence-corrected chi connectivity index (χ4v) is 2.28. The standard InChI is InChI=1S/C15H12FNOS/c1-11-9-14(19-10-11)15(18)17-8-4-6-12-5-2-3-7-13(12)16/h2-3,5,7,9-10H,8H2,1H3,(H,17,18). The topological polar surface area (TPSA) is 29.1 Å². The molecule has 0 atom stereocenters. The van der Waals surface area contributed by atoms with E-state index in [0.29, 0.717) is 10.4 Å². The molecule has 0 unspecified atom stereocenters. The summed E-state index contributed by atoms with van der Waals surface area (Å²) in [5.74, 6) is 4.92. The lowest BCUT2D eigenvalue weighted by atomic mass is 10.2. The highest BCUT2D eigenvalue weighted by molar-refractivity contribution is 7.12. The lowest BCUT2D eigenvalue weighted by molar-refractivity contribution is 0.0962. The molecule has 1 N–H and O–H groups in total. The quantitative estimate of drug-likeness (QED) is 0.837. The Kier molecular flexibility index (Phi) is 4.32. The molecule has 0 spiro atoms. The van der Waals surface area contributed by atoms with Gasteiger partial charge in [-0.2, -0.15) is 0 Å². The second kappa shape index (κ2) is 6.17. The minimum atomic E-state index is -0.352. The first-order valence-corrected chi connectivity index (χ1v) is 6.61. The van der Waals surface area contributed by atoms with Gasteiger partial charge in [0.05, 0.1) is 17.0 Å². The maximum Gasteiger partial charge on any atom is 0.262 e. The summed E-state index contributed by atoms with van der Waals surface area (Å²) in [4.78, 5) is 12.4. The van der Waals surface area contributed by atoms with Crippen molar-refractivity contribution >= 4 is 17.2 Å². The summed E-state index contributed by atoms with van der Waals surface area (Å²) in [6, 6.07) is 8.12. The molecular formula is C15H12FNOS. The third kappa shape index (κ3) is 3.67. The van der Waals surface area contributed by atoms with E-state index in [-0.39, 0.29) is 18.3 Å². The number of carbonyl (C=O) groups is 1. The van der Waals surface area contributed by atoms with Crippen molar-refractivity contribution in [3.63, 3.8) is 0 Å². The van der Waals surface area contributed by atoms with Crippen LogP contribution in [-0.2, 0) is 0 Å². The number of thiophene rings is 1. The number of nitrogens with one attached hydrogen (secondary N) is 1. The second-order valence-electron chi connectivity index (χ2n) is 3.95. The van der Waals surface area contributed by atoms with E-state index in [2.05, 4.69) is 17.2 Å². The highest BCUT2D eigenvalue weighted by atomic mass is 32.1. The molecule has 96 valence electrons. The molecule has 4 heteroatoms. The van der Waals surface area contributed by atoms with Crippen LogP contribution in [0.3, 0.4) is 0 Å². The van der Waals surface area contributed by atoms with Gasteiger partial charge in [0.25, 0.3) is 5.91 Å². The molecule has 2 aromatic rings. The maximum absolute atomic E-state index is 13.3. The van der Waals surface area contributed by atoms with Crippen molar-refractivity contribution in [1.29, 1.82) is 0 Å². The summed E-state index contributed by atoms with van der Waals surface area (Å²) < 4.78 is 13.3. The Morgan fingerprint density at radius 2 is 2.21 bits per heavy atom. The van der Waals surface area contributed by atoms with Gasteiger partial charge in [0.1, 0.15) is 5.82 Å². The third-order valence-electron chi connectivity index (χ3n) is 2.39. The molecule has 19 heavy (non-hydrogen) atoms. The number of amides is 1. The summed E-state index contributed by atoms with van der Waals surface area (Å²) in [5, 5.41) is 4.59. The van der Waals surface area contributed by atoms with E-state index in [1.807, 2.05) is 18.4 Å². The Morgan fingerprint density at radius 3 is 2.89 bits per heavy atom. The Morgan fingerprint density at radius 1 is 1.42 bits per heavy atom. The fraction of sp³-hybridized carbons (Fsp3) is 0.133. The van der Waals surface area contributed by atoms with E-state index in [9.17, 15) is 9.18 Å². The van der Waals surface area contributed by atoms with Crippen molar-refractivity contribution in [1.82, 2.24) is 5.32 Å². The Bertz CT molecular complexity index is 651. The normalized spacial score (nSPS) is 9.58. The summed E-state index contributed by atoms with van der Waals surface area (Å²) in [6.45, 7) is 2.13. The summed E-state index contributed by atoms with van der Waals surface area (Å²) in [5.41, 5.74) is 1.40. The molecule has 0 saturated heterocycles. The average molecular weight is 273 g/mol. The Labute approximate surface area is 115 Å². The highest BCUT2D eigenvalue weighted by Gasteiger charge is 2.05. The zero-order chi connectivity index (χ0) is 13.7. The molecule has 0 aliphatic carbocycles. The van der Waals surface area contributed by atoms with Crippen LogP contribution in [0.15, 0.2) is 35.7 Å². The number of rotatable bonds is 2. The van der Waals surface area contributed by atoms with Gasteiger partial charge in [-0.05, 0) is 36.1 Å². The maximum atomic E-state index is 13.3. The van der Waals surface area contributed by atoms with Gasteiger partial charge in [0.15, 0.2) is 0 Å². The predicted molar refractivity (Wildman–Crippen MR) is 74.7 cm³/mol. The van der Waals surface area contributed by atoms with Crippen molar-refractivity contribution in [3.05, 3.63) is 57.5 Å². The van der Waals surface area contributed by atoms with E-state index in [1.54, 1.807) is 18.2 Å². The van der Waals surface area contributed by atoms with Crippen LogP contribution in [0, 0.1) is 24.6 Å². The van der Waals surface area contributed by atoms with Crippen LogP contribution in [0.25, 0.3) is 0 Å². The number of hydrogen-bond acceptors (Lipinski definition) is 2. The zero-order valence-electron chi connectivity index (χ0n) is 10.4. The molecule has 2 nitrogen and oxygen atoms in total. The molecule has 0 bridgehead atoms. The van der Waals surface area contributed by atoms with E-state index in [1.165, 1.54) is 17.4 Å². The van der Waals surface area contributed by atoms with Gasteiger partial charge in [0, 0.05) is 0 Å². The molecule has 0 aliphatic heterocycles. The lowest BCUT2D eigenvalue weighted by Crippen LogP contribution is -2.22. The van der Waals surface area contributed by atoms with Crippen LogP contribution in [0.1, 0.15) is 20.8 Å². The number of carbonyl (C=O) groups excluding carboxylic acids is 1. The number of aryl methyl sites for hydroxylation is 1. The van der Waals surface area contributed by atoms with Gasteiger partial charge in [-0.15, -0.1) is 11.3 Å². The minimum Gasteiger partial charge on any atom is -0.340 e. The minimum absolute atomic E-state index is 0.152. The van der Waals surface area contributed by atoms with Crippen LogP contribution in [0.5, 0.6) is 0 Å². The van der Waals surface area contributed by atoms with E-state index in [0.717, 1.165) is 5.56 Å². The smallest absolute Gasteiger partial charge is 0.262 e. The van der Waals surface area contributed by atoms with Crippen LogP contribution in [0.2, 0.25) is 0 Å². The predicted octanol–water partition coefficient (Wildman–Crippen LogP) is 2.98. The van der Waals surface area contributed by atoms with Crippen molar-refractivity contribution in [2.24, 2.45) is 0 Å². The summed E-state index contributed by atoms with van der Waals surface area (Å²) >= 11 is 1.39. The molecule has 1 aromatic carbocycles. The molecule has 0 aliphatic rings. The first kappa shape index (κ1) is 13.3. The third-order valence-corrected chi connectivity index (χ3v) is 3.44. The lowest BCUT2D eigenvalue weighted by Gasteiger charge is -1.97. The number of benzene rings is 1. The zero-order valence-corrected chi connectivity index (χ0v) is 11.2. The number of hydrogen-bond donors (Lipinski definition) is 1. The van der Waals surface area contributed by atoms with Crippen molar-refractivity contribution in [2.45, 2.75) is 6.92 Å². The molecule has 0 fully saturated rings. The highest BCUT2D eigenvalue weighted by Crippen LogP contribution is 2.12. The van der Waals surface area contributed by atoms with Crippen LogP contribution >= 0.6 is 11.3 Å². The van der Waals surface area contributed by atoms with E-state index in [4.69, 9.17) is 0 Å². The van der Waals surface area contributed by atoms with Gasteiger partial charge in [0.2, 0.25) is 0 Å². The first-order valence-electron chi connectivity index (χ1n) is 5.73. The van der Waals surface area contributed by atoms with Crippen LogP contribution in [-0.4, -0.2) is 12.5 Å². The Hall–Kier alpha value is -2.12. The van der Waals surface area contributed by atoms with Crippen LogP contribution in [0.4, 0.5) is 4.39 Å². The van der Waals surface area contributed by atoms with Crippen LogP contribution < -0.4 is 5.32 Å². The van der Waals surface area contributed by atoms with E-state index >= 15 is 0 Å². The monoisotopic (exact) mass is 273 g/mol. The molecular weight excluding hydrogens is 261 g/mol. The first-order chi connectivity index (χ1) is 9.16. The Balaban J connectivity index is 1.91. The second-order valence-corrected chi connectivity index (χ2v) is 4.86. The molecule has 0 radical (unpaired) electrons. The van der Waals surface area contributed by atoms with Crippen molar-refractivity contribution in [3.8, 4) is 11.8 Å². The van der Waals surface area contributed by atoms with Gasteiger partial charge >= 0.3 is 0 Å². The largest absolute Gasteiger partial charge is 0.340 e. The van der Waals surface area contributed by atoms with Crippen molar-refractivity contribution in [2.75, 3.05) is 6.54 Å². The SMILES string of the molecule is Cc1csc(C(=O)NCC#Cc2ccccc2F)c1. The molecule has 1 amide bonds.